The lowest BCUT2D eigenvalue weighted by Crippen LogP contribution is -2.30. The van der Waals surface area contributed by atoms with Crippen molar-refractivity contribution in [3.8, 4) is 0 Å². The fourth-order valence-electron chi connectivity index (χ4n) is 4.14. The summed E-state index contributed by atoms with van der Waals surface area (Å²) in [6, 6.07) is 0. The lowest BCUT2D eigenvalue weighted by Gasteiger charge is -2.24. The van der Waals surface area contributed by atoms with E-state index in [4.69, 9.17) is 0 Å². The number of hydrogen-bond acceptors (Lipinski definition) is 2. The zero-order valence-corrected chi connectivity index (χ0v) is 14.5. The molecular formula is C16H24BrN3O. The van der Waals surface area contributed by atoms with Crippen molar-refractivity contribution in [2.24, 2.45) is 17.8 Å². The summed E-state index contributed by atoms with van der Waals surface area (Å²) in [5, 5.41) is 4.31. The zero-order valence-electron chi connectivity index (χ0n) is 12.9. The Labute approximate surface area is 135 Å². The standard InChI is InChI=1S/C16H24BrN3O/c1-3-20-15(14(17)9-18-20)10-19(2)16(21)8-13-7-11-4-5-12(13)6-11/h9,11-13H,3-8,10H2,1-2H3. The van der Waals surface area contributed by atoms with Crippen LogP contribution >= 0.6 is 15.9 Å². The van der Waals surface area contributed by atoms with Crippen LogP contribution in [0.4, 0.5) is 0 Å². The van der Waals surface area contributed by atoms with E-state index in [1.807, 2.05) is 22.8 Å². The average Bonchev–Trinajstić information content (AvgIpc) is 3.16. The predicted molar refractivity (Wildman–Crippen MR) is 85.6 cm³/mol. The molecule has 2 aliphatic carbocycles. The van der Waals surface area contributed by atoms with Gasteiger partial charge in [-0.1, -0.05) is 6.42 Å². The van der Waals surface area contributed by atoms with Gasteiger partial charge in [0.2, 0.25) is 5.91 Å². The number of carbonyl (C=O) groups is 1. The number of hydrogen-bond donors (Lipinski definition) is 0. The van der Waals surface area contributed by atoms with Crippen LogP contribution < -0.4 is 0 Å². The fraction of sp³-hybridized carbons (Fsp3) is 0.750. The van der Waals surface area contributed by atoms with E-state index in [2.05, 4.69) is 28.0 Å². The van der Waals surface area contributed by atoms with Crippen molar-refractivity contribution in [3.63, 3.8) is 0 Å². The predicted octanol–water partition coefficient (Wildman–Crippen LogP) is 3.45. The van der Waals surface area contributed by atoms with Crippen LogP contribution in [0.15, 0.2) is 10.7 Å². The van der Waals surface area contributed by atoms with E-state index in [-0.39, 0.29) is 5.91 Å². The Balaban J connectivity index is 1.58. The topological polar surface area (TPSA) is 38.1 Å². The molecule has 5 heteroatoms. The number of amides is 1. The molecule has 1 amide bonds. The van der Waals surface area contributed by atoms with Crippen LogP contribution in [0.1, 0.15) is 44.7 Å². The fourth-order valence-corrected chi connectivity index (χ4v) is 4.56. The van der Waals surface area contributed by atoms with Gasteiger partial charge < -0.3 is 4.90 Å². The number of aromatic nitrogens is 2. The number of carbonyl (C=O) groups excluding carboxylic acids is 1. The second-order valence-corrected chi connectivity index (χ2v) is 7.50. The number of fused-ring (bicyclic) bond motifs is 2. The largest absolute Gasteiger partial charge is 0.340 e. The van der Waals surface area contributed by atoms with Gasteiger partial charge in [0.05, 0.1) is 22.9 Å². The zero-order chi connectivity index (χ0) is 15.0. The minimum atomic E-state index is 0.281. The first-order valence-electron chi connectivity index (χ1n) is 8.02. The van der Waals surface area contributed by atoms with Crippen LogP contribution in [-0.4, -0.2) is 27.6 Å². The molecule has 0 radical (unpaired) electrons. The van der Waals surface area contributed by atoms with Crippen LogP contribution in [0.25, 0.3) is 0 Å². The molecule has 2 fully saturated rings. The Morgan fingerprint density at radius 3 is 2.90 bits per heavy atom. The van der Waals surface area contributed by atoms with Crippen LogP contribution in [0.5, 0.6) is 0 Å². The van der Waals surface area contributed by atoms with E-state index >= 15 is 0 Å². The van der Waals surface area contributed by atoms with Gasteiger partial charge in [-0.15, -0.1) is 0 Å². The third kappa shape index (κ3) is 3.03. The molecule has 0 aromatic carbocycles. The second kappa shape index (κ2) is 6.11. The van der Waals surface area contributed by atoms with Gasteiger partial charge in [-0.3, -0.25) is 9.48 Å². The number of nitrogens with zero attached hydrogens (tertiary/aromatic N) is 3. The molecule has 1 heterocycles. The molecule has 1 aromatic rings. The highest BCUT2D eigenvalue weighted by atomic mass is 79.9. The highest BCUT2D eigenvalue weighted by molar-refractivity contribution is 9.10. The van der Waals surface area contributed by atoms with Crippen LogP contribution in [-0.2, 0) is 17.9 Å². The summed E-state index contributed by atoms with van der Waals surface area (Å²) in [7, 11) is 1.91. The van der Waals surface area contributed by atoms with Crippen molar-refractivity contribution in [3.05, 3.63) is 16.4 Å². The summed E-state index contributed by atoms with van der Waals surface area (Å²) in [4.78, 5) is 14.4. The summed E-state index contributed by atoms with van der Waals surface area (Å²) >= 11 is 3.53. The molecule has 3 atom stereocenters. The van der Waals surface area contributed by atoms with Crippen molar-refractivity contribution in [2.45, 2.75) is 52.1 Å². The molecule has 2 bridgehead atoms. The molecule has 116 valence electrons. The van der Waals surface area contributed by atoms with E-state index in [9.17, 15) is 4.79 Å². The molecule has 0 N–H and O–H groups in total. The number of rotatable bonds is 5. The molecule has 1 aromatic heterocycles. The second-order valence-electron chi connectivity index (χ2n) is 6.64. The van der Waals surface area contributed by atoms with Gasteiger partial charge in [-0.25, -0.2) is 0 Å². The van der Waals surface area contributed by atoms with Gasteiger partial charge >= 0.3 is 0 Å². The molecule has 0 saturated heterocycles. The highest BCUT2D eigenvalue weighted by Crippen LogP contribution is 2.49. The van der Waals surface area contributed by atoms with Gasteiger partial charge in [0.15, 0.2) is 0 Å². The Kier molecular flexibility index (Phi) is 4.38. The highest BCUT2D eigenvalue weighted by Gasteiger charge is 2.40. The molecule has 3 rings (SSSR count). The SMILES string of the molecule is CCn1ncc(Br)c1CN(C)C(=O)CC1CC2CCC1C2. The van der Waals surface area contributed by atoms with Gasteiger partial charge in [-0.2, -0.15) is 5.10 Å². The third-order valence-corrected chi connectivity index (χ3v) is 5.99. The van der Waals surface area contributed by atoms with Crippen molar-refractivity contribution in [2.75, 3.05) is 7.05 Å². The summed E-state index contributed by atoms with van der Waals surface area (Å²) in [5.74, 6) is 2.65. The van der Waals surface area contributed by atoms with Crippen molar-refractivity contribution in [1.29, 1.82) is 0 Å². The maximum atomic E-state index is 12.5. The molecule has 2 saturated carbocycles. The molecule has 2 aliphatic rings. The first-order valence-corrected chi connectivity index (χ1v) is 8.82. The Bertz CT molecular complexity index is 528. The maximum Gasteiger partial charge on any atom is 0.222 e. The van der Waals surface area contributed by atoms with E-state index in [0.717, 1.165) is 35.0 Å². The van der Waals surface area contributed by atoms with Gasteiger partial charge in [0.1, 0.15) is 0 Å². The smallest absolute Gasteiger partial charge is 0.222 e. The number of aryl methyl sites for hydroxylation is 1. The normalized spacial score (nSPS) is 27.3. The molecule has 4 nitrogen and oxygen atoms in total. The molecular weight excluding hydrogens is 330 g/mol. The van der Waals surface area contributed by atoms with Gasteiger partial charge in [-0.05, 0) is 59.9 Å². The summed E-state index contributed by atoms with van der Waals surface area (Å²) in [6.07, 6.45) is 7.94. The lowest BCUT2D eigenvalue weighted by atomic mass is 9.86. The summed E-state index contributed by atoms with van der Waals surface area (Å²) in [5.41, 5.74) is 1.08. The van der Waals surface area contributed by atoms with Crippen LogP contribution in [0.3, 0.4) is 0 Å². The minimum Gasteiger partial charge on any atom is -0.340 e. The molecule has 0 aliphatic heterocycles. The van der Waals surface area contributed by atoms with E-state index < -0.39 is 0 Å². The minimum absolute atomic E-state index is 0.281. The van der Waals surface area contributed by atoms with E-state index in [1.54, 1.807) is 0 Å². The van der Waals surface area contributed by atoms with Crippen molar-refractivity contribution < 1.29 is 4.79 Å². The Hall–Kier alpha value is -0.840. The van der Waals surface area contributed by atoms with Crippen LogP contribution in [0, 0.1) is 17.8 Å². The quantitative estimate of drug-likeness (QED) is 0.812. The molecule has 21 heavy (non-hydrogen) atoms. The van der Waals surface area contributed by atoms with E-state index in [1.165, 1.54) is 25.7 Å². The third-order valence-electron chi connectivity index (χ3n) is 5.33. The first-order chi connectivity index (χ1) is 10.1. The van der Waals surface area contributed by atoms with Gasteiger partial charge in [0, 0.05) is 20.0 Å². The Morgan fingerprint density at radius 2 is 2.29 bits per heavy atom. The van der Waals surface area contributed by atoms with E-state index in [0.29, 0.717) is 12.5 Å². The van der Waals surface area contributed by atoms with Crippen molar-refractivity contribution >= 4 is 21.8 Å². The van der Waals surface area contributed by atoms with Crippen LogP contribution in [0.2, 0.25) is 0 Å². The van der Waals surface area contributed by atoms with Gasteiger partial charge in [0.25, 0.3) is 0 Å². The molecule has 3 unspecified atom stereocenters. The van der Waals surface area contributed by atoms with Crippen molar-refractivity contribution in [1.82, 2.24) is 14.7 Å². The lowest BCUT2D eigenvalue weighted by molar-refractivity contribution is -0.131. The summed E-state index contributed by atoms with van der Waals surface area (Å²) in [6.45, 7) is 3.53. The Morgan fingerprint density at radius 1 is 1.48 bits per heavy atom. The first kappa shape index (κ1) is 15.1. The monoisotopic (exact) mass is 353 g/mol. The maximum absolute atomic E-state index is 12.5. The molecule has 0 spiro atoms. The summed E-state index contributed by atoms with van der Waals surface area (Å²) < 4.78 is 2.94. The average molecular weight is 354 g/mol. The number of halogens is 1.